The topological polar surface area (TPSA) is 85.5 Å². The van der Waals surface area contributed by atoms with E-state index < -0.39 is 10.0 Å². The minimum Gasteiger partial charge on any atom is -0.495 e. The molecule has 0 spiro atoms. The van der Waals surface area contributed by atoms with Gasteiger partial charge in [0.15, 0.2) is 0 Å². The molecule has 2 aromatic carbocycles. The van der Waals surface area contributed by atoms with Gasteiger partial charge in [-0.2, -0.15) is 9.29 Å². The van der Waals surface area contributed by atoms with Crippen LogP contribution in [-0.4, -0.2) is 37.0 Å². The van der Waals surface area contributed by atoms with Gasteiger partial charge in [0.05, 0.1) is 13.7 Å². The summed E-state index contributed by atoms with van der Waals surface area (Å²) in [6, 6.07) is 13.0. The lowest BCUT2D eigenvalue weighted by Crippen LogP contribution is -2.27. The lowest BCUT2D eigenvalue weighted by Gasteiger charge is -2.22. The Balaban J connectivity index is 1.60. The molecule has 0 radical (unpaired) electrons. The standard InChI is InChI=1S/C21H23N3O4S/c1-24(14-20-22-21(23-28-20)15-8-4-3-5-9-15)29(25,26)19-13-17-11-7-6-10-16(17)12-18(19)27-2/h3-5,8-9,12-13H,6-7,10-11,14H2,1-2H3. The Morgan fingerprint density at radius 2 is 1.79 bits per heavy atom. The summed E-state index contributed by atoms with van der Waals surface area (Å²) in [4.78, 5) is 4.50. The fraction of sp³-hybridized carbons (Fsp3) is 0.333. The van der Waals surface area contributed by atoms with Crippen LogP contribution in [0.1, 0.15) is 29.9 Å². The van der Waals surface area contributed by atoms with Crippen LogP contribution < -0.4 is 4.74 Å². The summed E-state index contributed by atoms with van der Waals surface area (Å²) < 4.78 is 38.4. The number of rotatable bonds is 6. The van der Waals surface area contributed by atoms with Crippen molar-refractivity contribution < 1.29 is 17.7 Å². The van der Waals surface area contributed by atoms with Gasteiger partial charge in [-0.15, -0.1) is 0 Å². The number of benzene rings is 2. The van der Waals surface area contributed by atoms with Gasteiger partial charge in [-0.3, -0.25) is 0 Å². The molecule has 3 aromatic rings. The molecule has 1 aliphatic rings. The molecule has 7 nitrogen and oxygen atoms in total. The van der Waals surface area contributed by atoms with Gasteiger partial charge in [-0.25, -0.2) is 8.42 Å². The highest BCUT2D eigenvalue weighted by Crippen LogP contribution is 2.33. The molecule has 0 unspecified atom stereocenters. The number of hydrogen-bond donors (Lipinski definition) is 0. The van der Waals surface area contributed by atoms with Crippen molar-refractivity contribution in [3.63, 3.8) is 0 Å². The fourth-order valence-electron chi connectivity index (χ4n) is 3.57. The molecular formula is C21H23N3O4S. The summed E-state index contributed by atoms with van der Waals surface area (Å²) in [5, 5.41) is 3.95. The van der Waals surface area contributed by atoms with Crippen LogP contribution in [0.4, 0.5) is 0 Å². The Kier molecular flexibility index (Phi) is 5.38. The number of ether oxygens (including phenoxy) is 1. The molecule has 8 heteroatoms. The van der Waals surface area contributed by atoms with Crippen LogP contribution in [0.2, 0.25) is 0 Å². The summed E-state index contributed by atoms with van der Waals surface area (Å²) >= 11 is 0. The minimum atomic E-state index is -3.79. The van der Waals surface area contributed by atoms with Gasteiger partial charge in [0, 0.05) is 12.6 Å². The van der Waals surface area contributed by atoms with E-state index >= 15 is 0 Å². The molecule has 1 heterocycles. The Morgan fingerprint density at radius 3 is 2.48 bits per heavy atom. The van der Waals surface area contributed by atoms with Crippen LogP contribution in [0.5, 0.6) is 5.75 Å². The molecule has 0 saturated carbocycles. The molecule has 0 atom stereocenters. The summed E-state index contributed by atoms with van der Waals surface area (Å²) in [6.45, 7) is -0.0254. The second-order valence-corrected chi connectivity index (χ2v) is 9.13. The fourth-order valence-corrected chi connectivity index (χ4v) is 4.87. The van der Waals surface area contributed by atoms with E-state index in [0.717, 1.165) is 36.8 Å². The number of methoxy groups -OCH3 is 1. The molecule has 152 valence electrons. The molecule has 29 heavy (non-hydrogen) atoms. The third-order valence-electron chi connectivity index (χ3n) is 5.17. The van der Waals surface area contributed by atoms with E-state index in [-0.39, 0.29) is 17.3 Å². The molecule has 1 aromatic heterocycles. The summed E-state index contributed by atoms with van der Waals surface area (Å²) in [5.74, 6) is 1.03. The molecule has 0 N–H and O–H groups in total. The third kappa shape index (κ3) is 3.90. The van der Waals surface area contributed by atoms with Crippen LogP contribution in [0.25, 0.3) is 11.4 Å². The highest BCUT2D eigenvalue weighted by atomic mass is 32.2. The lowest BCUT2D eigenvalue weighted by atomic mass is 9.92. The largest absolute Gasteiger partial charge is 0.495 e. The highest BCUT2D eigenvalue weighted by Gasteiger charge is 2.28. The first-order chi connectivity index (χ1) is 14.0. The van der Waals surface area contributed by atoms with Crippen molar-refractivity contribution in [1.29, 1.82) is 0 Å². The summed E-state index contributed by atoms with van der Waals surface area (Å²) in [5.41, 5.74) is 3.05. The van der Waals surface area contributed by atoms with Crippen molar-refractivity contribution in [3.05, 3.63) is 59.5 Å². The highest BCUT2D eigenvalue weighted by molar-refractivity contribution is 7.89. The van der Waals surface area contributed by atoms with Gasteiger partial charge in [0.2, 0.25) is 21.7 Å². The molecule has 0 bridgehead atoms. The van der Waals surface area contributed by atoms with E-state index in [9.17, 15) is 8.42 Å². The number of nitrogens with zero attached hydrogens (tertiary/aromatic N) is 3. The van der Waals surface area contributed by atoms with Crippen LogP contribution in [-0.2, 0) is 29.4 Å². The average Bonchev–Trinajstić information content (AvgIpc) is 3.21. The normalized spacial score (nSPS) is 14.0. The van der Waals surface area contributed by atoms with Crippen molar-refractivity contribution in [3.8, 4) is 17.1 Å². The molecule has 0 aliphatic heterocycles. The predicted octanol–water partition coefficient (Wildman–Crippen LogP) is 3.44. The van der Waals surface area contributed by atoms with Crippen molar-refractivity contribution in [1.82, 2.24) is 14.4 Å². The SMILES string of the molecule is COc1cc2c(cc1S(=O)(=O)N(C)Cc1nc(-c3ccccc3)no1)CCCC2. The van der Waals surface area contributed by atoms with Gasteiger partial charge in [-0.05, 0) is 48.9 Å². The Hall–Kier alpha value is -2.71. The summed E-state index contributed by atoms with van der Waals surface area (Å²) in [7, 11) is -0.794. The van der Waals surface area contributed by atoms with Crippen LogP contribution >= 0.6 is 0 Å². The predicted molar refractivity (Wildman–Crippen MR) is 108 cm³/mol. The number of sulfonamides is 1. The van der Waals surface area contributed by atoms with Crippen molar-refractivity contribution in [2.45, 2.75) is 37.1 Å². The third-order valence-corrected chi connectivity index (χ3v) is 7.00. The number of aryl methyl sites for hydroxylation is 2. The second kappa shape index (κ2) is 7.96. The molecule has 0 fully saturated rings. The zero-order valence-corrected chi connectivity index (χ0v) is 17.3. The first-order valence-corrected chi connectivity index (χ1v) is 11.0. The first kappa shape index (κ1) is 19.6. The van der Waals surface area contributed by atoms with Gasteiger partial charge in [0.1, 0.15) is 10.6 Å². The number of fused-ring (bicyclic) bond motifs is 1. The summed E-state index contributed by atoms with van der Waals surface area (Å²) in [6.07, 6.45) is 4.02. The van der Waals surface area contributed by atoms with E-state index in [1.807, 2.05) is 36.4 Å². The van der Waals surface area contributed by atoms with Crippen molar-refractivity contribution in [2.75, 3.05) is 14.2 Å². The van der Waals surface area contributed by atoms with Gasteiger partial charge < -0.3 is 9.26 Å². The Bertz CT molecular complexity index is 1110. The van der Waals surface area contributed by atoms with Gasteiger partial charge in [-0.1, -0.05) is 35.5 Å². The monoisotopic (exact) mass is 413 g/mol. The Morgan fingerprint density at radius 1 is 1.10 bits per heavy atom. The number of hydrogen-bond acceptors (Lipinski definition) is 6. The van der Waals surface area contributed by atoms with Gasteiger partial charge in [0.25, 0.3) is 0 Å². The van der Waals surface area contributed by atoms with E-state index in [4.69, 9.17) is 9.26 Å². The molecular weight excluding hydrogens is 390 g/mol. The van der Waals surface area contributed by atoms with E-state index in [1.165, 1.54) is 24.0 Å². The van der Waals surface area contributed by atoms with E-state index in [0.29, 0.717) is 11.6 Å². The Labute approximate surface area is 170 Å². The molecule has 1 aliphatic carbocycles. The van der Waals surface area contributed by atoms with Crippen LogP contribution in [0.15, 0.2) is 51.9 Å². The van der Waals surface area contributed by atoms with Crippen molar-refractivity contribution in [2.24, 2.45) is 0 Å². The first-order valence-electron chi connectivity index (χ1n) is 9.53. The van der Waals surface area contributed by atoms with Crippen molar-refractivity contribution >= 4 is 10.0 Å². The van der Waals surface area contributed by atoms with Crippen LogP contribution in [0, 0.1) is 0 Å². The average molecular weight is 413 g/mol. The number of aromatic nitrogens is 2. The zero-order valence-electron chi connectivity index (χ0n) is 16.5. The maximum absolute atomic E-state index is 13.2. The second-order valence-electron chi connectivity index (χ2n) is 7.12. The van der Waals surface area contributed by atoms with Crippen LogP contribution in [0.3, 0.4) is 0 Å². The lowest BCUT2D eigenvalue weighted by molar-refractivity contribution is 0.335. The van der Waals surface area contributed by atoms with Gasteiger partial charge >= 0.3 is 0 Å². The molecule has 4 rings (SSSR count). The molecule has 0 saturated heterocycles. The zero-order chi connectivity index (χ0) is 20.4. The minimum absolute atomic E-state index is 0.0254. The maximum atomic E-state index is 13.2. The van der Waals surface area contributed by atoms with E-state index in [2.05, 4.69) is 10.1 Å². The molecule has 0 amide bonds. The van der Waals surface area contributed by atoms with E-state index in [1.54, 1.807) is 6.07 Å². The quantitative estimate of drug-likeness (QED) is 0.615. The smallest absolute Gasteiger partial charge is 0.246 e. The maximum Gasteiger partial charge on any atom is 0.246 e.